The summed E-state index contributed by atoms with van der Waals surface area (Å²) in [7, 11) is 0. The van der Waals surface area contributed by atoms with Crippen molar-refractivity contribution < 1.29 is 23.1 Å². The first kappa shape index (κ1) is 15.6. The number of amides is 1. The number of morpholine rings is 1. The normalized spacial score (nSPS) is 24.6. The van der Waals surface area contributed by atoms with Crippen molar-refractivity contribution in [3.05, 3.63) is 35.8 Å². The van der Waals surface area contributed by atoms with Crippen LogP contribution in [0.15, 0.2) is 28.9 Å². The van der Waals surface area contributed by atoms with Gasteiger partial charge in [0.05, 0.1) is 32.4 Å². The molecular weight excluding hydrogens is 313 g/mol. The van der Waals surface area contributed by atoms with Gasteiger partial charge in [-0.2, -0.15) is 0 Å². The molecule has 2 fully saturated rings. The largest absolute Gasteiger partial charge is 0.464 e. The van der Waals surface area contributed by atoms with Crippen molar-refractivity contribution in [2.75, 3.05) is 32.9 Å². The van der Waals surface area contributed by atoms with E-state index in [1.54, 1.807) is 12.3 Å². The molecular formula is C18H20FNO4. The maximum Gasteiger partial charge on any atom is 0.227 e. The molecule has 5 nitrogen and oxygen atoms in total. The monoisotopic (exact) mass is 333 g/mol. The van der Waals surface area contributed by atoms with E-state index in [1.807, 2.05) is 4.90 Å². The van der Waals surface area contributed by atoms with E-state index in [4.69, 9.17) is 13.9 Å². The van der Waals surface area contributed by atoms with Crippen molar-refractivity contribution in [3.63, 3.8) is 0 Å². The number of carbonyl (C=O) groups is 1. The molecule has 3 heterocycles. The molecule has 1 unspecified atom stereocenters. The second-order valence-electron chi connectivity index (χ2n) is 6.58. The average Bonchev–Trinajstić information content (AvgIpc) is 2.97. The smallest absolute Gasteiger partial charge is 0.227 e. The first-order valence-corrected chi connectivity index (χ1v) is 8.30. The fraction of sp³-hybridized carbons (Fsp3) is 0.500. The highest BCUT2D eigenvalue weighted by Gasteiger charge is 2.40. The number of hydrogen-bond acceptors (Lipinski definition) is 4. The predicted molar refractivity (Wildman–Crippen MR) is 85.2 cm³/mol. The lowest BCUT2D eigenvalue weighted by atomic mass is 9.94. The van der Waals surface area contributed by atoms with E-state index in [1.165, 1.54) is 12.1 Å². The van der Waals surface area contributed by atoms with Crippen LogP contribution in [0.5, 0.6) is 0 Å². The lowest BCUT2D eigenvalue weighted by Crippen LogP contribution is -2.57. The van der Waals surface area contributed by atoms with Crippen molar-refractivity contribution in [1.82, 2.24) is 4.90 Å². The molecule has 0 N–H and O–H groups in total. The van der Waals surface area contributed by atoms with E-state index in [9.17, 15) is 9.18 Å². The Morgan fingerprint density at radius 1 is 1.33 bits per heavy atom. The molecule has 0 bridgehead atoms. The Balaban J connectivity index is 1.48. The van der Waals surface area contributed by atoms with Gasteiger partial charge in [0, 0.05) is 30.2 Å². The molecule has 0 radical (unpaired) electrons. The third-order valence-electron chi connectivity index (χ3n) is 4.85. The Labute approximate surface area is 139 Å². The molecule has 1 atom stereocenters. The SMILES string of the molecule is O=C(Cc1coc2cc(F)ccc12)N1CCOC2(CCCOC2)C1. The van der Waals surface area contributed by atoms with E-state index >= 15 is 0 Å². The minimum atomic E-state index is -0.353. The highest BCUT2D eigenvalue weighted by Crippen LogP contribution is 2.28. The molecule has 2 aromatic rings. The Hall–Kier alpha value is -1.92. The summed E-state index contributed by atoms with van der Waals surface area (Å²) in [5.41, 5.74) is 0.903. The summed E-state index contributed by atoms with van der Waals surface area (Å²) in [6.07, 6.45) is 3.67. The fourth-order valence-electron chi connectivity index (χ4n) is 3.59. The van der Waals surface area contributed by atoms with Crippen LogP contribution in [0.1, 0.15) is 18.4 Å². The maximum atomic E-state index is 13.2. The molecule has 4 rings (SSSR count). The molecule has 0 saturated carbocycles. The molecule has 1 aromatic carbocycles. The average molecular weight is 333 g/mol. The van der Waals surface area contributed by atoms with Gasteiger partial charge in [0.2, 0.25) is 5.91 Å². The quantitative estimate of drug-likeness (QED) is 0.847. The number of ether oxygens (including phenoxy) is 2. The second kappa shape index (κ2) is 6.18. The number of benzene rings is 1. The fourth-order valence-corrected chi connectivity index (χ4v) is 3.59. The van der Waals surface area contributed by atoms with Crippen LogP contribution in [0.3, 0.4) is 0 Å². The van der Waals surface area contributed by atoms with Gasteiger partial charge in [-0.1, -0.05) is 0 Å². The number of furan rings is 1. The van der Waals surface area contributed by atoms with Crippen molar-refractivity contribution in [2.45, 2.75) is 24.9 Å². The number of carbonyl (C=O) groups excluding carboxylic acids is 1. The Morgan fingerprint density at radius 2 is 2.25 bits per heavy atom. The minimum Gasteiger partial charge on any atom is -0.464 e. The summed E-state index contributed by atoms with van der Waals surface area (Å²) in [5.74, 6) is -0.308. The Morgan fingerprint density at radius 3 is 3.08 bits per heavy atom. The van der Waals surface area contributed by atoms with Gasteiger partial charge in [-0.3, -0.25) is 4.79 Å². The first-order chi connectivity index (χ1) is 11.7. The van der Waals surface area contributed by atoms with Crippen molar-refractivity contribution in [2.24, 2.45) is 0 Å². The number of rotatable bonds is 2. The maximum absolute atomic E-state index is 13.2. The van der Waals surface area contributed by atoms with Crippen LogP contribution < -0.4 is 0 Å². The van der Waals surface area contributed by atoms with E-state index in [0.29, 0.717) is 31.9 Å². The molecule has 128 valence electrons. The van der Waals surface area contributed by atoms with Gasteiger partial charge in [-0.25, -0.2) is 4.39 Å². The topological polar surface area (TPSA) is 51.9 Å². The van der Waals surface area contributed by atoms with Gasteiger partial charge in [-0.15, -0.1) is 0 Å². The number of nitrogens with zero attached hydrogens (tertiary/aromatic N) is 1. The molecule has 2 aliphatic heterocycles. The molecule has 24 heavy (non-hydrogen) atoms. The molecule has 1 amide bonds. The van der Waals surface area contributed by atoms with Crippen LogP contribution in [0, 0.1) is 5.82 Å². The summed E-state index contributed by atoms with van der Waals surface area (Å²) in [6.45, 7) is 3.00. The van der Waals surface area contributed by atoms with Crippen LogP contribution in [0.25, 0.3) is 11.0 Å². The molecule has 1 spiro atoms. The summed E-state index contributed by atoms with van der Waals surface area (Å²) < 4.78 is 30.1. The first-order valence-electron chi connectivity index (χ1n) is 8.30. The van der Waals surface area contributed by atoms with Gasteiger partial charge < -0.3 is 18.8 Å². The van der Waals surface area contributed by atoms with E-state index in [0.717, 1.165) is 30.4 Å². The summed E-state index contributed by atoms with van der Waals surface area (Å²) >= 11 is 0. The van der Waals surface area contributed by atoms with Crippen LogP contribution in [0.2, 0.25) is 0 Å². The molecule has 2 aliphatic rings. The van der Waals surface area contributed by atoms with Crippen molar-refractivity contribution in [3.8, 4) is 0 Å². The Bertz CT molecular complexity index is 745. The second-order valence-corrected chi connectivity index (χ2v) is 6.58. The molecule has 1 aromatic heterocycles. The van der Waals surface area contributed by atoms with Crippen LogP contribution in [-0.2, 0) is 20.7 Å². The zero-order valence-corrected chi connectivity index (χ0v) is 13.4. The van der Waals surface area contributed by atoms with Crippen LogP contribution in [-0.4, -0.2) is 49.3 Å². The van der Waals surface area contributed by atoms with Crippen molar-refractivity contribution in [1.29, 1.82) is 0 Å². The van der Waals surface area contributed by atoms with Crippen LogP contribution >= 0.6 is 0 Å². The standard InChI is InChI=1S/C18H20FNO4/c19-14-2-3-15-13(10-23-16(15)9-14)8-17(21)20-5-7-24-18(11-20)4-1-6-22-12-18/h2-3,9-10H,1,4-8,11-12H2. The summed E-state index contributed by atoms with van der Waals surface area (Å²) in [5, 5.41) is 0.786. The third-order valence-corrected chi connectivity index (χ3v) is 4.85. The number of fused-ring (bicyclic) bond motifs is 1. The van der Waals surface area contributed by atoms with Crippen LogP contribution in [0.4, 0.5) is 4.39 Å². The zero-order chi connectivity index (χ0) is 16.6. The lowest BCUT2D eigenvalue weighted by Gasteiger charge is -2.44. The van der Waals surface area contributed by atoms with Gasteiger partial charge in [0.1, 0.15) is 17.0 Å². The number of hydrogen-bond donors (Lipinski definition) is 0. The van der Waals surface area contributed by atoms with E-state index < -0.39 is 0 Å². The van der Waals surface area contributed by atoms with E-state index in [2.05, 4.69) is 0 Å². The molecule has 0 aliphatic carbocycles. The summed E-state index contributed by atoms with van der Waals surface area (Å²) in [4.78, 5) is 14.6. The number of halogens is 1. The molecule has 2 saturated heterocycles. The van der Waals surface area contributed by atoms with Crippen molar-refractivity contribution >= 4 is 16.9 Å². The summed E-state index contributed by atoms with van der Waals surface area (Å²) in [6, 6.07) is 4.38. The highest BCUT2D eigenvalue weighted by atomic mass is 19.1. The zero-order valence-electron chi connectivity index (χ0n) is 13.4. The van der Waals surface area contributed by atoms with E-state index in [-0.39, 0.29) is 23.7 Å². The predicted octanol–water partition coefficient (Wildman–Crippen LogP) is 2.52. The minimum absolute atomic E-state index is 0.0373. The molecule has 6 heteroatoms. The third kappa shape index (κ3) is 2.91. The highest BCUT2D eigenvalue weighted by molar-refractivity contribution is 5.87. The van der Waals surface area contributed by atoms with Gasteiger partial charge in [-0.05, 0) is 25.0 Å². The van der Waals surface area contributed by atoms with Gasteiger partial charge in [0.25, 0.3) is 0 Å². The van der Waals surface area contributed by atoms with Gasteiger partial charge in [0.15, 0.2) is 0 Å². The lowest BCUT2D eigenvalue weighted by molar-refractivity contribution is -0.176. The Kier molecular flexibility index (Phi) is 4.02. The van der Waals surface area contributed by atoms with Gasteiger partial charge >= 0.3 is 0 Å².